The summed E-state index contributed by atoms with van der Waals surface area (Å²) < 4.78 is 32.4. The van der Waals surface area contributed by atoms with Crippen molar-refractivity contribution in [3.05, 3.63) is 11.8 Å². The molecule has 148 valence electrons. The zero-order chi connectivity index (χ0) is 19.0. The smallest absolute Gasteiger partial charge is 0.229 e. The highest BCUT2D eigenvalue weighted by molar-refractivity contribution is 7.89. The average molecular weight is 396 g/mol. The third-order valence-electron chi connectivity index (χ3n) is 5.54. The lowest BCUT2D eigenvalue weighted by Crippen LogP contribution is -2.46. The van der Waals surface area contributed by atoms with Gasteiger partial charge in [-0.1, -0.05) is 0 Å². The number of amides is 2. The van der Waals surface area contributed by atoms with Crippen LogP contribution in [-0.2, 0) is 19.6 Å². The van der Waals surface area contributed by atoms with Crippen LogP contribution < -0.4 is 0 Å². The van der Waals surface area contributed by atoms with Gasteiger partial charge in [-0.25, -0.2) is 12.7 Å². The molecule has 10 heteroatoms. The molecular formula is C17H24N4O5S. The lowest BCUT2D eigenvalue weighted by atomic mass is 9.98. The molecule has 0 N–H and O–H groups in total. The summed E-state index contributed by atoms with van der Waals surface area (Å²) in [4.78, 5) is 24.7. The minimum atomic E-state index is -3.51. The van der Waals surface area contributed by atoms with Crippen LogP contribution in [0.2, 0.25) is 0 Å². The highest BCUT2D eigenvalue weighted by atomic mass is 32.2. The summed E-state index contributed by atoms with van der Waals surface area (Å²) >= 11 is 0. The van der Waals surface area contributed by atoms with E-state index in [0.717, 1.165) is 17.7 Å². The number of imide groups is 1. The van der Waals surface area contributed by atoms with E-state index in [9.17, 15) is 18.0 Å². The highest BCUT2D eigenvalue weighted by Crippen LogP contribution is 2.40. The average Bonchev–Trinajstić information content (AvgIpc) is 3.38. The van der Waals surface area contributed by atoms with Gasteiger partial charge in [0.05, 0.1) is 5.75 Å². The Bertz CT molecular complexity index is 808. The van der Waals surface area contributed by atoms with Gasteiger partial charge in [0.25, 0.3) is 0 Å². The van der Waals surface area contributed by atoms with E-state index in [-0.39, 0.29) is 30.0 Å². The first-order valence-electron chi connectivity index (χ1n) is 9.58. The normalized spacial score (nSPS) is 23.2. The first-order chi connectivity index (χ1) is 12.9. The van der Waals surface area contributed by atoms with Crippen molar-refractivity contribution in [2.24, 2.45) is 0 Å². The number of aromatic nitrogens is 2. The predicted octanol–water partition coefficient (Wildman–Crippen LogP) is 0.995. The molecule has 1 aromatic rings. The van der Waals surface area contributed by atoms with Gasteiger partial charge in [-0.2, -0.15) is 0 Å². The summed E-state index contributed by atoms with van der Waals surface area (Å²) in [5.74, 6) is 1.04. The molecule has 1 aromatic heterocycles. The van der Waals surface area contributed by atoms with E-state index in [4.69, 9.17) is 4.42 Å². The second-order valence-corrected chi connectivity index (χ2v) is 9.62. The quantitative estimate of drug-likeness (QED) is 0.659. The number of sulfonamides is 1. The van der Waals surface area contributed by atoms with Crippen molar-refractivity contribution in [2.75, 3.05) is 25.4 Å². The number of carbonyl (C=O) groups is 2. The number of carbonyl (C=O) groups excluding carboxylic acids is 2. The van der Waals surface area contributed by atoms with Crippen LogP contribution in [0.3, 0.4) is 0 Å². The van der Waals surface area contributed by atoms with Crippen LogP contribution in [0, 0.1) is 0 Å². The Labute approximate surface area is 158 Å². The summed E-state index contributed by atoms with van der Waals surface area (Å²) in [6.45, 7) is 0.709. The summed E-state index contributed by atoms with van der Waals surface area (Å²) in [5, 5.41) is 8.23. The van der Waals surface area contributed by atoms with Gasteiger partial charge in [0.2, 0.25) is 33.6 Å². The number of nitrogens with zero attached hydrogens (tertiary/aromatic N) is 4. The summed E-state index contributed by atoms with van der Waals surface area (Å²) in [6.07, 6.45) is 4.63. The molecular weight excluding hydrogens is 372 g/mol. The molecule has 3 heterocycles. The topological polar surface area (TPSA) is 114 Å². The molecule has 0 spiro atoms. The molecule has 3 fully saturated rings. The third-order valence-corrected chi connectivity index (χ3v) is 7.39. The Hall–Kier alpha value is -1.81. The van der Waals surface area contributed by atoms with Crippen LogP contribution in [0.1, 0.15) is 68.6 Å². The number of piperidine rings is 2. The molecule has 0 radical (unpaired) electrons. The SMILES string of the molecule is O=C1CCCC(=O)N1CCS(=O)(=O)N1CCC(c2nnc(C3CC3)o2)CC1. The first-order valence-corrected chi connectivity index (χ1v) is 11.2. The van der Waals surface area contributed by atoms with Crippen molar-refractivity contribution in [3.8, 4) is 0 Å². The van der Waals surface area contributed by atoms with E-state index in [1.807, 2.05) is 0 Å². The molecule has 0 aromatic carbocycles. The van der Waals surface area contributed by atoms with Crippen molar-refractivity contribution in [1.29, 1.82) is 0 Å². The maximum Gasteiger partial charge on any atom is 0.229 e. The molecule has 9 nitrogen and oxygen atoms in total. The van der Waals surface area contributed by atoms with Gasteiger partial charge < -0.3 is 4.42 Å². The number of rotatable bonds is 6. The van der Waals surface area contributed by atoms with E-state index in [2.05, 4.69) is 10.2 Å². The molecule has 0 bridgehead atoms. The fraction of sp³-hybridized carbons (Fsp3) is 0.765. The molecule has 0 unspecified atom stereocenters. The fourth-order valence-electron chi connectivity index (χ4n) is 3.67. The molecule has 2 saturated heterocycles. The van der Waals surface area contributed by atoms with Gasteiger partial charge in [0.1, 0.15) is 0 Å². The Balaban J connectivity index is 1.31. The number of hydrogen-bond donors (Lipinski definition) is 0. The Morgan fingerprint density at radius 2 is 1.48 bits per heavy atom. The minimum absolute atomic E-state index is 0.0612. The largest absolute Gasteiger partial charge is 0.425 e. The van der Waals surface area contributed by atoms with Crippen LogP contribution in [0.25, 0.3) is 0 Å². The predicted molar refractivity (Wildman–Crippen MR) is 94.2 cm³/mol. The summed E-state index contributed by atoms with van der Waals surface area (Å²) in [7, 11) is -3.51. The molecule has 2 aliphatic heterocycles. The van der Waals surface area contributed by atoms with Crippen molar-refractivity contribution in [2.45, 2.75) is 56.8 Å². The lowest BCUT2D eigenvalue weighted by molar-refractivity contribution is -0.147. The van der Waals surface area contributed by atoms with Gasteiger partial charge >= 0.3 is 0 Å². The maximum absolute atomic E-state index is 12.6. The van der Waals surface area contributed by atoms with E-state index < -0.39 is 10.0 Å². The minimum Gasteiger partial charge on any atom is -0.425 e. The standard InChI is InChI=1S/C17H24N4O5S/c22-14-2-1-3-15(23)21(14)10-11-27(24,25)20-8-6-13(7-9-20)17-19-18-16(26-17)12-4-5-12/h12-13H,1-11H2. The van der Waals surface area contributed by atoms with Gasteiger partial charge in [-0.05, 0) is 32.1 Å². The van der Waals surface area contributed by atoms with Crippen LogP contribution >= 0.6 is 0 Å². The van der Waals surface area contributed by atoms with E-state index in [1.165, 1.54) is 4.31 Å². The van der Waals surface area contributed by atoms with Crippen LogP contribution in [-0.4, -0.2) is 65.0 Å². The van der Waals surface area contributed by atoms with E-state index in [0.29, 0.717) is 62.9 Å². The van der Waals surface area contributed by atoms with E-state index >= 15 is 0 Å². The van der Waals surface area contributed by atoms with Crippen molar-refractivity contribution in [1.82, 2.24) is 19.4 Å². The van der Waals surface area contributed by atoms with Crippen molar-refractivity contribution in [3.63, 3.8) is 0 Å². The van der Waals surface area contributed by atoms with Crippen molar-refractivity contribution >= 4 is 21.8 Å². The molecule has 4 rings (SSSR count). The molecule has 1 aliphatic carbocycles. The van der Waals surface area contributed by atoms with Crippen LogP contribution in [0.4, 0.5) is 0 Å². The highest BCUT2D eigenvalue weighted by Gasteiger charge is 2.34. The number of hydrogen-bond acceptors (Lipinski definition) is 7. The second kappa shape index (κ2) is 7.31. The van der Waals surface area contributed by atoms with E-state index in [1.54, 1.807) is 0 Å². The third kappa shape index (κ3) is 4.06. The van der Waals surface area contributed by atoms with Crippen molar-refractivity contribution < 1.29 is 22.4 Å². The Morgan fingerprint density at radius 1 is 0.926 bits per heavy atom. The maximum atomic E-state index is 12.6. The zero-order valence-corrected chi connectivity index (χ0v) is 16.0. The molecule has 3 aliphatic rings. The molecule has 27 heavy (non-hydrogen) atoms. The lowest BCUT2D eigenvalue weighted by Gasteiger charge is -2.31. The number of likely N-dealkylation sites (tertiary alicyclic amines) is 1. The summed E-state index contributed by atoms with van der Waals surface area (Å²) in [6, 6.07) is 0. The Kier molecular flexibility index (Phi) is 5.02. The van der Waals surface area contributed by atoms with Gasteiger partial charge in [-0.3, -0.25) is 14.5 Å². The fourth-order valence-corrected chi connectivity index (χ4v) is 5.11. The molecule has 0 atom stereocenters. The summed E-state index contributed by atoms with van der Waals surface area (Å²) in [5.41, 5.74) is 0. The van der Waals surface area contributed by atoms with Crippen LogP contribution in [0.5, 0.6) is 0 Å². The van der Waals surface area contributed by atoms with Crippen LogP contribution in [0.15, 0.2) is 4.42 Å². The zero-order valence-electron chi connectivity index (χ0n) is 15.2. The molecule has 1 saturated carbocycles. The molecule has 2 amide bonds. The van der Waals surface area contributed by atoms with Gasteiger partial charge in [0.15, 0.2) is 0 Å². The van der Waals surface area contributed by atoms with Gasteiger partial charge in [-0.15, -0.1) is 10.2 Å². The monoisotopic (exact) mass is 396 g/mol. The second-order valence-electron chi connectivity index (χ2n) is 7.53. The Morgan fingerprint density at radius 3 is 2.04 bits per heavy atom. The van der Waals surface area contributed by atoms with Gasteiger partial charge in [0, 0.05) is 44.3 Å². The first kappa shape index (κ1) is 18.5.